The second-order valence-electron chi connectivity index (χ2n) is 5.37. The number of rotatable bonds is 7. The summed E-state index contributed by atoms with van der Waals surface area (Å²) in [5.41, 5.74) is 0.277. The standard InChI is InChI=1S/C16H26FN3O/c1-4-18-16(19-10-9-12(2)3)20-11-15(21)13-7-5-6-8-14(13)17/h5-8,12,15,21H,4,9-11H2,1-3H3,(H2,18,19,20). The van der Waals surface area contributed by atoms with Gasteiger partial charge in [-0.15, -0.1) is 0 Å². The maximum absolute atomic E-state index is 13.6. The van der Waals surface area contributed by atoms with Crippen LogP contribution in [0.1, 0.15) is 38.9 Å². The summed E-state index contributed by atoms with van der Waals surface area (Å²) in [6.07, 6.45) is 0.104. The summed E-state index contributed by atoms with van der Waals surface area (Å²) in [4.78, 5) is 4.31. The van der Waals surface area contributed by atoms with E-state index in [4.69, 9.17) is 0 Å². The Labute approximate surface area is 126 Å². The van der Waals surface area contributed by atoms with Crippen molar-refractivity contribution < 1.29 is 9.50 Å². The number of aliphatic hydroxyl groups is 1. The Morgan fingerprint density at radius 1 is 1.29 bits per heavy atom. The Kier molecular flexibility index (Phi) is 7.75. The van der Waals surface area contributed by atoms with Crippen LogP contribution in [0.5, 0.6) is 0 Å². The van der Waals surface area contributed by atoms with Gasteiger partial charge in [-0.25, -0.2) is 4.39 Å². The predicted octanol–water partition coefficient (Wildman–Crippen LogP) is 2.46. The van der Waals surface area contributed by atoms with Gasteiger partial charge in [-0.3, -0.25) is 4.99 Å². The van der Waals surface area contributed by atoms with E-state index in [9.17, 15) is 9.50 Å². The van der Waals surface area contributed by atoms with Crippen LogP contribution in [0.3, 0.4) is 0 Å². The first kappa shape index (κ1) is 17.4. The SMILES string of the molecule is CCNC(=NCC(O)c1ccccc1F)NCCC(C)C. The molecule has 4 nitrogen and oxygen atoms in total. The number of guanidine groups is 1. The number of nitrogens with one attached hydrogen (secondary N) is 2. The van der Waals surface area contributed by atoms with Crippen LogP contribution in [-0.4, -0.2) is 30.7 Å². The average Bonchev–Trinajstić information content (AvgIpc) is 2.44. The Bertz CT molecular complexity index is 449. The number of hydrogen-bond donors (Lipinski definition) is 3. The minimum atomic E-state index is -0.938. The van der Waals surface area contributed by atoms with Gasteiger partial charge in [-0.1, -0.05) is 32.0 Å². The zero-order valence-electron chi connectivity index (χ0n) is 13.1. The van der Waals surface area contributed by atoms with E-state index in [-0.39, 0.29) is 12.1 Å². The van der Waals surface area contributed by atoms with Gasteiger partial charge in [0.05, 0.1) is 6.54 Å². The van der Waals surface area contributed by atoms with Crippen molar-refractivity contribution in [3.63, 3.8) is 0 Å². The van der Waals surface area contributed by atoms with Crippen LogP contribution in [0.15, 0.2) is 29.3 Å². The molecule has 0 saturated heterocycles. The van der Waals surface area contributed by atoms with E-state index in [0.29, 0.717) is 11.9 Å². The largest absolute Gasteiger partial charge is 0.386 e. The van der Waals surface area contributed by atoms with E-state index in [1.54, 1.807) is 18.2 Å². The van der Waals surface area contributed by atoms with Crippen molar-refractivity contribution in [2.75, 3.05) is 19.6 Å². The second-order valence-corrected chi connectivity index (χ2v) is 5.37. The molecule has 3 N–H and O–H groups in total. The van der Waals surface area contributed by atoms with Gasteiger partial charge in [0.1, 0.15) is 11.9 Å². The van der Waals surface area contributed by atoms with Crippen molar-refractivity contribution in [2.24, 2.45) is 10.9 Å². The molecule has 1 unspecified atom stereocenters. The summed E-state index contributed by atoms with van der Waals surface area (Å²) < 4.78 is 13.6. The second kappa shape index (κ2) is 9.34. The molecule has 0 aromatic heterocycles. The monoisotopic (exact) mass is 295 g/mol. The van der Waals surface area contributed by atoms with Crippen LogP contribution in [0.25, 0.3) is 0 Å². The molecule has 0 aliphatic carbocycles. The van der Waals surface area contributed by atoms with Gasteiger partial charge in [0.25, 0.3) is 0 Å². The third kappa shape index (κ3) is 6.58. The highest BCUT2D eigenvalue weighted by molar-refractivity contribution is 5.79. The number of halogens is 1. The highest BCUT2D eigenvalue weighted by atomic mass is 19.1. The molecule has 0 radical (unpaired) electrons. The molecule has 21 heavy (non-hydrogen) atoms. The lowest BCUT2D eigenvalue weighted by Gasteiger charge is -2.14. The summed E-state index contributed by atoms with van der Waals surface area (Å²) >= 11 is 0. The summed E-state index contributed by atoms with van der Waals surface area (Å²) in [6, 6.07) is 6.23. The van der Waals surface area contributed by atoms with Crippen molar-refractivity contribution in [1.29, 1.82) is 0 Å². The third-order valence-electron chi connectivity index (χ3n) is 3.04. The predicted molar refractivity (Wildman–Crippen MR) is 84.8 cm³/mol. The molecular weight excluding hydrogens is 269 g/mol. The molecule has 5 heteroatoms. The van der Waals surface area contributed by atoms with Crippen LogP contribution in [-0.2, 0) is 0 Å². The lowest BCUT2D eigenvalue weighted by molar-refractivity contribution is 0.182. The molecule has 0 bridgehead atoms. The Balaban J connectivity index is 2.58. The van der Waals surface area contributed by atoms with Crippen molar-refractivity contribution in [1.82, 2.24) is 10.6 Å². The summed E-state index contributed by atoms with van der Waals surface area (Å²) in [7, 11) is 0. The van der Waals surface area contributed by atoms with E-state index in [2.05, 4.69) is 29.5 Å². The van der Waals surface area contributed by atoms with Gasteiger partial charge in [-0.05, 0) is 25.3 Å². The Hall–Kier alpha value is -1.62. The molecule has 1 aromatic carbocycles. The number of aliphatic hydroxyl groups excluding tert-OH is 1. The molecule has 118 valence electrons. The molecule has 1 atom stereocenters. The molecule has 0 fully saturated rings. The molecule has 0 heterocycles. The van der Waals surface area contributed by atoms with Crippen molar-refractivity contribution in [3.8, 4) is 0 Å². The van der Waals surface area contributed by atoms with Gasteiger partial charge in [0.2, 0.25) is 0 Å². The molecule has 0 aliphatic rings. The minimum Gasteiger partial charge on any atom is -0.386 e. The van der Waals surface area contributed by atoms with Crippen LogP contribution < -0.4 is 10.6 Å². The molecule has 0 spiro atoms. The van der Waals surface area contributed by atoms with Gasteiger partial charge in [0.15, 0.2) is 5.96 Å². The average molecular weight is 295 g/mol. The number of benzene rings is 1. The zero-order valence-corrected chi connectivity index (χ0v) is 13.1. The molecule has 0 saturated carbocycles. The fourth-order valence-corrected chi connectivity index (χ4v) is 1.84. The zero-order chi connectivity index (χ0) is 15.7. The third-order valence-corrected chi connectivity index (χ3v) is 3.04. The fourth-order valence-electron chi connectivity index (χ4n) is 1.84. The Morgan fingerprint density at radius 2 is 2.00 bits per heavy atom. The van der Waals surface area contributed by atoms with Crippen LogP contribution in [0.2, 0.25) is 0 Å². The molecule has 1 aromatic rings. The molecular formula is C16H26FN3O. The topological polar surface area (TPSA) is 56.7 Å². The molecule has 1 rings (SSSR count). The quantitative estimate of drug-likeness (QED) is 0.535. The van der Waals surface area contributed by atoms with Crippen molar-refractivity contribution in [3.05, 3.63) is 35.6 Å². The normalized spacial score (nSPS) is 13.3. The van der Waals surface area contributed by atoms with E-state index in [0.717, 1.165) is 19.5 Å². The highest BCUT2D eigenvalue weighted by Crippen LogP contribution is 2.16. The first-order valence-electron chi connectivity index (χ1n) is 7.49. The lowest BCUT2D eigenvalue weighted by atomic mass is 10.1. The maximum atomic E-state index is 13.6. The van der Waals surface area contributed by atoms with E-state index < -0.39 is 11.9 Å². The Morgan fingerprint density at radius 3 is 2.62 bits per heavy atom. The van der Waals surface area contributed by atoms with Gasteiger partial charge >= 0.3 is 0 Å². The maximum Gasteiger partial charge on any atom is 0.191 e. The number of aliphatic imine (C=N–C) groups is 1. The fraction of sp³-hybridized carbons (Fsp3) is 0.562. The number of nitrogens with zero attached hydrogens (tertiary/aromatic N) is 1. The first-order chi connectivity index (χ1) is 10.0. The van der Waals surface area contributed by atoms with E-state index in [1.165, 1.54) is 6.07 Å². The smallest absolute Gasteiger partial charge is 0.191 e. The van der Waals surface area contributed by atoms with Crippen LogP contribution in [0.4, 0.5) is 4.39 Å². The van der Waals surface area contributed by atoms with Gasteiger partial charge in [-0.2, -0.15) is 0 Å². The van der Waals surface area contributed by atoms with Crippen molar-refractivity contribution in [2.45, 2.75) is 33.3 Å². The van der Waals surface area contributed by atoms with Crippen LogP contribution in [0, 0.1) is 11.7 Å². The number of hydrogen-bond acceptors (Lipinski definition) is 2. The minimum absolute atomic E-state index is 0.123. The lowest BCUT2D eigenvalue weighted by Crippen LogP contribution is -2.38. The van der Waals surface area contributed by atoms with Gasteiger partial charge in [0, 0.05) is 18.7 Å². The van der Waals surface area contributed by atoms with E-state index in [1.807, 2.05) is 6.92 Å². The van der Waals surface area contributed by atoms with Crippen LogP contribution >= 0.6 is 0 Å². The van der Waals surface area contributed by atoms with E-state index >= 15 is 0 Å². The van der Waals surface area contributed by atoms with Crippen molar-refractivity contribution >= 4 is 5.96 Å². The molecule has 0 aliphatic heterocycles. The molecule has 0 amide bonds. The summed E-state index contributed by atoms with van der Waals surface area (Å²) in [6.45, 7) is 7.98. The summed E-state index contributed by atoms with van der Waals surface area (Å²) in [5, 5.41) is 16.3. The first-order valence-corrected chi connectivity index (χ1v) is 7.49. The van der Waals surface area contributed by atoms with Gasteiger partial charge < -0.3 is 15.7 Å². The highest BCUT2D eigenvalue weighted by Gasteiger charge is 2.11. The summed E-state index contributed by atoms with van der Waals surface area (Å²) in [5.74, 6) is 0.857.